The molecule has 0 fully saturated rings. The maximum absolute atomic E-state index is 11.5. The first kappa shape index (κ1) is 43.2. The zero-order valence-corrected chi connectivity index (χ0v) is 30.3. The number of methoxy groups -OCH3 is 2. The molecule has 0 radical (unpaired) electrons. The van der Waals surface area contributed by atoms with Crippen molar-refractivity contribution in [1.82, 2.24) is 4.98 Å². The fourth-order valence-electron chi connectivity index (χ4n) is 4.02. The molecule has 3 atom stereocenters. The summed E-state index contributed by atoms with van der Waals surface area (Å²) in [7, 11) is 3.03. The number of aliphatic hydroxyl groups is 1. The van der Waals surface area contributed by atoms with Gasteiger partial charge in [-0.3, -0.25) is 4.79 Å². The fourth-order valence-corrected chi connectivity index (χ4v) is 4.02. The molecule has 1 rings (SSSR count). The molecule has 3 N–H and O–H groups in total. The van der Waals surface area contributed by atoms with E-state index in [1.54, 1.807) is 19.4 Å². The van der Waals surface area contributed by atoms with Gasteiger partial charge in [0.2, 0.25) is 0 Å². The first-order chi connectivity index (χ1) is 22.8. The van der Waals surface area contributed by atoms with Gasteiger partial charge < -0.3 is 34.7 Å². The van der Waals surface area contributed by atoms with E-state index in [0.29, 0.717) is 30.6 Å². The van der Waals surface area contributed by atoms with Crippen LogP contribution < -0.4 is 10.6 Å². The van der Waals surface area contributed by atoms with E-state index in [1.165, 1.54) is 7.11 Å². The zero-order valence-electron chi connectivity index (χ0n) is 30.3. The number of carbonyl (C=O) groups is 1. The van der Waals surface area contributed by atoms with Crippen molar-refractivity contribution in [3.63, 3.8) is 0 Å². The van der Waals surface area contributed by atoms with Crippen molar-refractivity contribution in [2.24, 2.45) is 5.92 Å². The zero-order chi connectivity index (χ0) is 35.3. The summed E-state index contributed by atoms with van der Waals surface area (Å²) in [5.41, 5.74) is 1.43. The Morgan fingerprint density at radius 3 is 2.43 bits per heavy atom. The van der Waals surface area contributed by atoms with Crippen molar-refractivity contribution >= 4 is 17.5 Å². The number of anilines is 2. The lowest BCUT2D eigenvalue weighted by molar-refractivity contribution is -0.139. The number of nitrogens with zero attached hydrogens (tertiary/aromatic N) is 1. The van der Waals surface area contributed by atoms with Crippen molar-refractivity contribution in [3.05, 3.63) is 90.1 Å². The Balaban J connectivity index is 0.0000104. The van der Waals surface area contributed by atoms with Gasteiger partial charge in [-0.25, -0.2) is 4.98 Å². The lowest BCUT2D eigenvalue weighted by Gasteiger charge is -2.18. The van der Waals surface area contributed by atoms with E-state index >= 15 is 0 Å². The highest BCUT2D eigenvalue weighted by atomic mass is 16.5. The van der Waals surface area contributed by atoms with Crippen LogP contribution in [0.3, 0.4) is 0 Å². The topological polar surface area (TPSA) is 111 Å². The van der Waals surface area contributed by atoms with Gasteiger partial charge in [-0.1, -0.05) is 64.2 Å². The molecule has 0 bridgehead atoms. The van der Waals surface area contributed by atoms with Crippen LogP contribution in [0, 0.1) is 5.92 Å². The van der Waals surface area contributed by atoms with Gasteiger partial charge in [0.05, 0.1) is 57.6 Å². The largest absolute Gasteiger partial charge is 0.502 e. The lowest BCUT2D eigenvalue weighted by atomic mass is 10.0. The Morgan fingerprint density at radius 1 is 1.06 bits per heavy atom. The van der Waals surface area contributed by atoms with Gasteiger partial charge in [0, 0.05) is 6.54 Å². The number of pyridine rings is 1. The molecule has 3 unspecified atom stereocenters. The van der Waals surface area contributed by atoms with Gasteiger partial charge in [-0.05, 0) is 88.3 Å². The van der Waals surface area contributed by atoms with Crippen LogP contribution in [-0.4, -0.2) is 62.4 Å². The number of rotatable bonds is 23. The molecule has 0 amide bonds. The summed E-state index contributed by atoms with van der Waals surface area (Å²) in [4.78, 5) is 16.0. The fraction of sp³-hybridized carbons (Fsp3) is 0.526. The maximum Gasteiger partial charge on any atom is 0.309 e. The third-order valence-corrected chi connectivity index (χ3v) is 6.94. The second-order valence-electron chi connectivity index (χ2n) is 10.3. The Bertz CT molecular complexity index is 1140. The van der Waals surface area contributed by atoms with Crippen LogP contribution in [-0.2, 0) is 23.7 Å². The van der Waals surface area contributed by atoms with Crippen molar-refractivity contribution in [1.29, 1.82) is 0 Å². The van der Waals surface area contributed by atoms with Crippen molar-refractivity contribution in [2.75, 3.05) is 44.6 Å². The van der Waals surface area contributed by atoms with Crippen LogP contribution in [0.15, 0.2) is 90.1 Å². The average molecular weight is 656 g/mol. The highest BCUT2D eigenvalue weighted by Gasteiger charge is 2.10. The molecule has 1 heterocycles. The molecule has 0 saturated heterocycles. The molecule has 1 aromatic rings. The average Bonchev–Trinajstić information content (AvgIpc) is 3.10. The molecule has 47 heavy (non-hydrogen) atoms. The van der Waals surface area contributed by atoms with Crippen molar-refractivity contribution in [3.8, 4) is 0 Å². The Morgan fingerprint density at radius 2 is 1.83 bits per heavy atom. The number of allylic oxidation sites excluding steroid dienone is 5. The maximum atomic E-state index is 11.5. The second-order valence-corrected chi connectivity index (χ2v) is 10.3. The smallest absolute Gasteiger partial charge is 0.309 e. The van der Waals surface area contributed by atoms with Gasteiger partial charge >= 0.3 is 5.97 Å². The summed E-state index contributed by atoms with van der Waals surface area (Å²) in [5, 5.41) is 17.2. The number of aliphatic hydroxyl groups excluding tert-OH is 1. The van der Waals surface area contributed by atoms with Crippen molar-refractivity contribution in [2.45, 2.75) is 92.9 Å². The highest BCUT2D eigenvalue weighted by molar-refractivity contribution is 5.71. The summed E-state index contributed by atoms with van der Waals surface area (Å²) in [6, 6.07) is 3.77. The second kappa shape index (κ2) is 28.4. The number of nitrogens with one attached hydrogen (secondary N) is 2. The molecule has 0 aliphatic carbocycles. The molecule has 0 aromatic carbocycles. The summed E-state index contributed by atoms with van der Waals surface area (Å²) in [6.07, 6.45) is 21.7. The number of hydrogen-bond acceptors (Lipinski definition) is 9. The van der Waals surface area contributed by atoms with Gasteiger partial charge in [0.1, 0.15) is 11.6 Å². The summed E-state index contributed by atoms with van der Waals surface area (Å²) < 4.78 is 21.9. The Hall–Kier alpha value is -3.82. The van der Waals surface area contributed by atoms with E-state index in [1.807, 2.05) is 95.4 Å². The summed E-state index contributed by atoms with van der Waals surface area (Å²) in [6.45, 7) is 15.7. The van der Waals surface area contributed by atoms with Crippen LogP contribution in [0.25, 0.3) is 0 Å². The number of ether oxygens (including phenoxy) is 4. The number of hydrogen-bond donors (Lipinski definition) is 3. The van der Waals surface area contributed by atoms with E-state index in [4.69, 9.17) is 18.9 Å². The van der Waals surface area contributed by atoms with Gasteiger partial charge in [0.15, 0.2) is 6.23 Å². The third-order valence-electron chi connectivity index (χ3n) is 6.94. The van der Waals surface area contributed by atoms with E-state index in [9.17, 15) is 9.90 Å². The minimum Gasteiger partial charge on any atom is -0.502 e. The normalized spacial score (nSPS) is 14.5. The van der Waals surface area contributed by atoms with E-state index in [-0.39, 0.29) is 18.5 Å². The predicted molar refractivity (Wildman–Crippen MR) is 195 cm³/mol. The molecule has 0 saturated carbocycles. The van der Waals surface area contributed by atoms with Crippen LogP contribution in [0.5, 0.6) is 0 Å². The molecule has 0 aliphatic rings. The van der Waals surface area contributed by atoms with Gasteiger partial charge in [-0.2, -0.15) is 0 Å². The van der Waals surface area contributed by atoms with Crippen LogP contribution in [0.1, 0.15) is 80.6 Å². The molecular formula is C38H61N3O6. The molecule has 1 aromatic heterocycles. The minimum atomic E-state index is -0.894. The predicted octanol–water partition coefficient (Wildman–Crippen LogP) is 8.50. The van der Waals surface area contributed by atoms with E-state index < -0.39 is 6.23 Å². The Kier molecular flexibility index (Phi) is 26.1. The van der Waals surface area contributed by atoms with Crippen LogP contribution in [0.2, 0.25) is 0 Å². The number of esters is 1. The molecule has 0 spiro atoms. The van der Waals surface area contributed by atoms with Gasteiger partial charge in [-0.15, -0.1) is 0 Å². The minimum absolute atomic E-state index is 0.0523. The third kappa shape index (κ3) is 20.8. The molecule has 264 valence electrons. The standard InChI is InChI=1S/C36H55N3O6.C2H6/c1-8-12-16-33(20-22-35(40)43-7)45-27-29(10-3)23-24-37-34-21-18-31(26-38-34)39-36(41)30(11-4)15-13-25-44-32(14-9-2)19-17-28(5)42-6;1-2/h9,11-18,20-21,26,29,32,36,39,41H,8,10,19,22-25,27H2,1-7H3,(H,37,38);1-2H3/b14-9-,15-13-,16-12-,28-17+,30-11+,33-20+;. The Labute approximate surface area is 284 Å². The van der Waals surface area contributed by atoms with Crippen LogP contribution in [0.4, 0.5) is 11.5 Å². The molecule has 9 heteroatoms. The highest BCUT2D eigenvalue weighted by Crippen LogP contribution is 2.16. The first-order valence-corrected chi connectivity index (χ1v) is 16.8. The van der Waals surface area contributed by atoms with Gasteiger partial charge in [0.25, 0.3) is 0 Å². The lowest BCUT2D eigenvalue weighted by Crippen LogP contribution is -2.20. The monoisotopic (exact) mass is 655 g/mol. The molecular weight excluding hydrogens is 594 g/mol. The van der Waals surface area contributed by atoms with Crippen molar-refractivity contribution < 1.29 is 28.8 Å². The summed E-state index contributed by atoms with van der Waals surface area (Å²) in [5.74, 6) is 2.34. The van der Waals surface area contributed by atoms with E-state index in [0.717, 1.165) is 49.4 Å². The quantitative estimate of drug-likeness (QED) is 0.0351. The molecule has 9 nitrogen and oxygen atoms in total. The van der Waals surface area contributed by atoms with Crippen LogP contribution >= 0.6 is 0 Å². The number of aromatic nitrogens is 1. The first-order valence-electron chi connectivity index (χ1n) is 16.8. The summed E-state index contributed by atoms with van der Waals surface area (Å²) >= 11 is 0. The SMILES string of the molecule is C/C=C\C(C/C=C(\C)OC)OC/C=C\C(=C/C)C(O)Nc1ccc(NCCC(CC)COC(/C=C\CC)=C/CC(=O)OC)nc1.CC. The number of carbonyl (C=O) groups excluding carboxylic acids is 1. The van der Waals surface area contributed by atoms with E-state index in [2.05, 4.69) is 29.5 Å². The molecule has 0 aliphatic heterocycles.